The minimum absolute atomic E-state index is 0.0635. The first-order valence-electron chi connectivity index (χ1n) is 18.2. The fourth-order valence-electron chi connectivity index (χ4n) is 6.00. The number of nitrogens with one attached hydrogen (secondary N) is 3. The number of hydrogen-bond acceptors (Lipinski definition) is 10. The molecule has 286 valence electrons. The number of aryl methyl sites for hydroxylation is 1. The van der Waals surface area contributed by atoms with Crippen LogP contribution >= 0.6 is 0 Å². The highest BCUT2D eigenvalue weighted by atomic mass is 16.5. The topological polar surface area (TPSA) is 189 Å². The molecule has 2 aromatic heterocycles. The quantitative estimate of drug-likeness (QED) is 0.280. The first-order valence-corrected chi connectivity index (χ1v) is 18.2. The highest BCUT2D eigenvalue weighted by Crippen LogP contribution is 2.17. The standard InChI is InChI=1S/C38H52N8O7/c1-25(2)23-30-37(50)42-31(24-27-12-14-29(52-5)15-13-27)38(51)45(4)26(3)36(49)40-18-8-22-46(21-7-9-32(47)41-30)34(48)11-6-10-33-43-35(44-53-33)28-16-19-39-20-17-28/h12-17,19-20,25-26,30-31H,6-11,18,21-24H2,1-5H3,(H,40,49)(H,41,47)(H,42,50)/t26-,30+,31-/m0/s1. The fraction of sp³-hybridized carbons (Fsp3) is 0.526. The number of likely N-dealkylation sites (N-methyl/N-ethyl adjacent to an activating group) is 1. The Kier molecular flexibility index (Phi) is 15.3. The Balaban J connectivity index is 1.44. The van der Waals surface area contributed by atoms with E-state index in [1.165, 1.54) is 11.9 Å². The molecule has 0 unspecified atom stereocenters. The number of ether oxygens (including phenoxy) is 1. The van der Waals surface area contributed by atoms with Gasteiger partial charge in [-0.3, -0.25) is 29.0 Å². The summed E-state index contributed by atoms with van der Waals surface area (Å²) in [6.07, 6.45) is 5.87. The van der Waals surface area contributed by atoms with Crippen LogP contribution in [0.4, 0.5) is 0 Å². The van der Waals surface area contributed by atoms with Gasteiger partial charge in [-0.2, -0.15) is 4.98 Å². The summed E-state index contributed by atoms with van der Waals surface area (Å²) in [6.45, 7) is 6.48. The van der Waals surface area contributed by atoms with E-state index in [1.807, 2.05) is 26.0 Å². The van der Waals surface area contributed by atoms with Gasteiger partial charge in [0.25, 0.3) is 0 Å². The minimum atomic E-state index is -0.996. The molecule has 15 nitrogen and oxygen atoms in total. The summed E-state index contributed by atoms with van der Waals surface area (Å²) in [5, 5.41) is 12.6. The van der Waals surface area contributed by atoms with Gasteiger partial charge < -0.3 is 35.0 Å². The second kappa shape index (κ2) is 20.0. The Morgan fingerprint density at radius 2 is 1.70 bits per heavy atom. The van der Waals surface area contributed by atoms with Gasteiger partial charge in [0.1, 0.15) is 23.9 Å². The summed E-state index contributed by atoms with van der Waals surface area (Å²) < 4.78 is 10.6. The van der Waals surface area contributed by atoms with Gasteiger partial charge in [0, 0.05) is 70.3 Å². The van der Waals surface area contributed by atoms with E-state index in [4.69, 9.17) is 9.26 Å². The number of benzene rings is 1. The van der Waals surface area contributed by atoms with E-state index < -0.39 is 29.9 Å². The smallest absolute Gasteiger partial charge is 0.245 e. The van der Waals surface area contributed by atoms with Crippen LogP contribution in [0.25, 0.3) is 11.4 Å². The van der Waals surface area contributed by atoms with Crippen LogP contribution in [0.2, 0.25) is 0 Å². The van der Waals surface area contributed by atoms with Crippen LogP contribution in [0, 0.1) is 5.92 Å². The molecule has 53 heavy (non-hydrogen) atoms. The van der Waals surface area contributed by atoms with Gasteiger partial charge in [-0.1, -0.05) is 31.1 Å². The van der Waals surface area contributed by atoms with Gasteiger partial charge in [0.15, 0.2) is 0 Å². The zero-order valence-electron chi connectivity index (χ0n) is 31.3. The molecular formula is C38H52N8O7. The molecule has 3 heterocycles. The summed E-state index contributed by atoms with van der Waals surface area (Å²) >= 11 is 0. The number of rotatable bonds is 10. The molecule has 0 aliphatic carbocycles. The third-order valence-electron chi connectivity index (χ3n) is 9.16. The maximum Gasteiger partial charge on any atom is 0.245 e. The summed E-state index contributed by atoms with van der Waals surface area (Å²) in [5.41, 5.74) is 1.56. The number of nitrogens with zero attached hydrogens (tertiary/aromatic N) is 5. The van der Waals surface area contributed by atoms with Gasteiger partial charge in [-0.25, -0.2) is 0 Å². The Morgan fingerprint density at radius 1 is 0.981 bits per heavy atom. The lowest BCUT2D eigenvalue weighted by Gasteiger charge is -2.30. The molecule has 5 amide bonds. The third kappa shape index (κ3) is 12.4. The number of amides is 5. The molecule has 0 bridgehead atoms. The van der Waals surface area contributed by atoms with Crippen molar-refractivity contribution in [3.8, 4) is 17.1 Å². The van der Waals surface area contributed by atoms with Crippen LogP contribution in [0.1, 0.15) is 70.8 Å². The van der Waals surface area contributed by atoms with Crippen LogP contribution in [0.15, 0.2) is 53.3 Å². The zero-order valence-corrected chi connectivity index (χ0v) is 31.3. The third-order valence-corrected chi connectivity index (χ3v) is 9.16. The largest absolute Gasteiger partial charge is 0.497 e. The van der Waals surface area contributed by atoms with Gasteiger partial charge in [0.2, 0.25) is 41.3 Å². The Morgan fingerprint density at radius 3 is 2.40 bits per heavy atom. The first kappa shape index (κ1) is 40.4. The SMILES string of the molecule is COc1ccc(C[C@@H]2NC(=O)[C@@H](CC(C)C)NC(=O)CCCN(C(=O)CCCc3nc(-c4ccncc4)no3)CCCNC(=O)[C@H](C)N(C)C2=O)cc1. The molecule has 0 spiro atoms. The highest BCUT2D eigenvalue weighted by molar-refractivity contribution is 5.94. The lowest BCUT2D eigenvalue weighted by Crippen LogP contribution is -2.57. The van der Waals surface area contributed by atoms with Crippen molar-refractivity contribution in [1.29, 1.82) is 0 Å². The molecule has 1 aliphatic heterocycles. The molecule has 0 radical (unpaired) electrons. The van der Waals surface area contributed by atoms with E-state index >= 15 is 0 Å². The van der Waals surface area contributed by atoms with Crippen molar-refractivity contribution in [3.05, 3.63) is 60.2 Å². The van der Waals surface area contributed by atoms with Crippen LogP contribution < -0.4 is 20.7 Å². The number of carbonyl (C=O) groups is 5. The van der Waals surface area contributed by atoms with Crippen LogP contribution in [0.5, 0.6) is 5.75 Å². The summed E-state index contributed by atoms with van der Waals surface area (Å²) in [4.78, 5) is 78.8. The molecular weight excluding hydrogens is 680 g/mol. The van der Waals surface area contributed by atoms with Crippen molar-refractivity contribution >= 4 is 29.5 Å². The van der Waals surface area contributed by atoms with E-state index in [1.54, 1.807) is 55.6 Å². The fourth-order valence-corrected chi connectivity index (χ4v) is 6.00. The van der Waals surface area contributed by atoms with Crippen LogP contribution in [0.3, 0.4) is 0 Å². The molecule has 3 aromatic rings. The van der Waals surface area contributed by atoms with Gasteiger partial charge in [-0.15, -0.1) is 0 Å². The Bertz CT molecular complexity index is 1660. The molecule has 1 fully saturated rings. The molecule has 0 saturated carbocycles. The average molecular weight is 733 g/mol. The molecule has 3 N–H and O–H groups in total. The molecule has 1 saturated heterocycles. The van der Waals surface area contributed by atoms with Crippen molar-refractivity contribution in [1.82, 2.24) is 40.9 Å². The summed E-state index contributed by atoms with van der Waals surface area (Å²) in [7, 11) is 3.09. The lowest BCUT2D eigenvalue weighted by atomic mass is 10.00. The molecule has 1 aromatic carbocycles. The minimum Gasteiger partial charge on any atom is -0.497 e. The number of hydrogen-bond donors (Lipinski definition) is 3. The number of pyridine rings is 1. The Labute approximate surface area is 310 Å². The molecule has 15 heteroatoms. The second-order valence-electron chi connectivity index (χ2n) is 13.7. The Hall–Kier alpha value is -5.34. The number of aromatic nitrogens is 3. The maximum absolute atomic E-state index is 13.9. The maximum atomic E-state index is 13.9. The summed E-state index contributed by atoms with van der Waals surface area (Å²) in [6, 6.07) is 8.01. The van der Waals surface area contributed by atoms with Gasteiger partial charge in [0.05, 0.1) is 7.11 Å². The number of methoxy groups -OCH3 is 1. The van der Waals surface area contributed by atoms with E-state index in [0.717, 1.165) is 11.1 Å². The molecule has 4 rings (SSSR count). The van der Waals surface area contributed by atoms with Crippen LogP contribution in [-0.4, -0.2) is 106 Å². The van der Waals surface area contributed by atoms with E-state index in [0.29, 0.717) is 62.7 Å². The van der Waals surface area contributed by atoms with E-state index in [2.05, 4.69) is 31.1 Å². The molecule has 3 atom stereocenters. The first-order chi connectivity index (χ1) is 25.4. The molecule has 1 aliphatic rings. The van der Waals surface area contributed by atoms with Crippen molar-refractivity contribution in [3.63, 3.8) is 0 Å². The van der Waals surface area contributed by atoms with Crippen LogP contribution in [-0.2, 0) is 36.8 Å². The van der Waals surface area contributed by atoms with Crippen molar-refractivity contribution in [2.24, 2.45) is 5.92 Å². The summed E-state index contributed by atoms with van der Waals surface area (Å²) in [5.74, 6) is -0.120. The predicted octanol–water partition coefficient (Wildman–Crippen LogP) is 2.70. The van der Waals surface area contributed by atoms with Crippen molar-refractivity contribution in [2.75, 3.05) is 33.8 Å². The number of carbonyl (C=O) groups excluding carboxylic acids is 5. The van der Waals surface area contributed by atoms with E-state index in [9.17, 15) is 24.0 Å². The van der Waals surface area contributed by atoms with Crippen molar-refractivity contribution < 1.29 is 33.2 Å². The van der Waals surface area contributed by atoms with Crippen molar-refractivity contribution in [2.45, 2.75) is 90.3 Å². The van der Waals surface area contributed by atoms with E-state index in [-0.39, 0.29) is 49.4 Å². The van der Waals surface area contributed by atoms with Gasteiger partial charge in [-0.05, 0) is 68.4 Å². The highest BCUT2D eigenvalue weighted by Gasteiger charge is 2.32. The second-order valence-corrected chi connectivity index (χ2v) is 13.7. The lowest BCUT2D eigenvalue weighted by molar-refractivity contribution is -0.141. The van der Waals surface area contributed by atoms with Gasteiger partial charge >= 0.3 is 0 Å². The zero-order chi connectivity index (χ0) is 38.3. The normalized spacial score (nSPS) is 19.9. The predicted molar refractivity (Wildman–Crippen MR) is 196 cm³/mol. The average Bonchev–Trinajstić information content (AvgIpc) is 3.63. The monoisotopic (exact) mass is 732 g/mol.